The Hall–Kier alpha value is -0.700. The lowest BCUT2D eigenvalue weighted by Crippen LogP contribution is -2.36. The molecule has 10 heavy (non-hydrogen) atoms. The van der Waals surface area contributed by atoms with Crippen molar-refractivity contribution in [2.45, 2.75) is 25.3 Å². The van der Waals surface area contributed by atoms with Crippen LogP contribution in [0.1, 0.15) is 19.8 Å². The van der Waals surface area contributed by atoms with E-state index in [1.165, 1.54) is 0 Å². The average molecular weight is 141 g/mol. The number of hydrogen-bond donors (Lipinski definition) is 1. The van der Waals surface area contributed by atoms with Gasteiger partial charge in [-0.05, 0) is 12.3 Å². The van der Waals surface area contributed by atoms with Crippen molar-refractivity contribution in [1.82, 2.24) is 0 Å². The standard InChI is InChI=1S/C7H11NO2/c1-2-5-3-7(5,8)6(10)4-9/h4-5H,2-3,8H2,1H3/t5-,7+/m0/s1. The van der Waals surface area contributed by atoms with Crippen molar-refractivity contribution in [1.29, 1.82) is 0 Å². The molecule has 0 bridgehead atoms. The van der Waals surface area contributed by atoms with Crippen LogP contribution in [0.15, 0.2) is 0 Å². The van der Waals surface area contributed by atoms with E-state index in [4.69, 9.17) is 5.73 Å². The molecular formula is C7H11NO2. The van der Waals surface area contributed by atoms with Gasteiger partial charge in [0.25, 0.3) is 0 Å². The summed E-state index contributed by atoms with van der Waals surface area (Å²) in [5.74, 6) is -0.204. The van der Waals surface area contributed by atoms with Crippen LogP contribution in [0.4, 0.5) is 0 Å². The molecule has 2 N–H and O–H groups in total. The van der Waals surface area contributed by atoms with Crippen molar-refractivity contribution in [3.63, 3.8) is 0 Å². The zero-order valence-electron chi connectivity index (χ0n) is 5.96. The highest BCUT2D eigenvalue weighted by molar-refractivity contribution is 6.30. The smallest absolute Gasteiger partial charge is 0.215 e. The van der Waals surface area contributed by atoms with Crippen molar-refractivity contribution in [3.8, 4) is 0 Å². The molecule has 1 rings (SSSR count). The second-order valence-corrected chi connectivity index (χ2v) is 2.83. The molecule has 0 unspecified atom stereocenters. The van der Waals surface area contributed by atoms with Gasteiger partial charge in [0, 0.05) is 0 Å². The first-order chi connectivity index (χ1) is 4.65. The van der Waals surface area contributed by atoms with E-state index in [1.54, 1.807) is 0 Å². The quantitative estimate of drug-likeness (QED) is 0.440. The lowest BCUT2D eigenvalue weighted by atomic mass is 10.1. The van der Waals surface area contributed by atoms with Gasteiger partial charge in [-0.25, -0.2) is 0 Å². The minimum absolute atomic E-state index is 0.241. The van der Waals surface area contributed by atoms with Crippen molar-refractivity contribution < 1.29 is 9.59 Å². The highest BCUT2D eigenvalue weighted by atomic mass is 16.2. The van der Waals surface area contributed by atoms with Gasteiger partial charge >= 0.3 is 0 Å². The van der Waals surface area contributed by atoms with E-state index in [9.17, 15) is 9.59 Å². The Morgan fingerprint density at radius 3 is 2.80 bits per heavy atom. The molecule has 3 nitrogen and oxygen atoms in total. The maximum absolute atomic E-state index is 10.8. The van der Waals surface area contributed by atoms with Gasteiger partial charge in [-0.15, -0.1) is 0 Å². The van der Waals surface area contributed by atoms with E-state index in [0.717, 1.165) is 6.42 Å². The lowest BCUT2D eigenvalue weighted by molar-refractivity contribution is -0.131. The van der Waals surface area contributed by atoms with Crippen molar-refractivity contribution in [2.75, 3.05) is 0 Å². The average Bonchev–Trinajstić information content (AvgIpc) is 2.61. The maximum atomic E-state index is 10.8. The first-order valence-electron chi connectivity index (χ1n) is 3.43. The Morgan fingerprint density at radius 1 is 1.90 bits per heavy atom. The molecule has 3 heteroatoms. The van der Waals surface area contributed by atoms with Crippen LogP contribution in [0.5, 0.6) is 0 Å². The van der Waals surface area contributed by atoms with E-state index in [-0.39, 0.29) is 5.92 Å². The Labute approximate surface area is 59.6 Å². The molecule has 0 heterocycles. The predicted molar refractivity (Wildman–Crippen MR) is 36.4 cm³/mol. The Balaban J connectivity index is 2.58. The maximum Gasteiger partial charge on any atom is 0.215 e. The van der Waals surface area contributed by atoms with Crippen LogP contribution in [0.25, 0.3) is 0 Å². The van der Waals surface area contributed by atoms with Crippen LogP contribution in [-0.4, -0.2) is 17.6 Å². The third-order valence-corrected chi connectivity index (χ3v) is 2.21. The molecule has 1 saturated carbocycles. The molecule has 0 aromatic rings. The molecule has 1 aliphatic carbocycles. The number of carbonyl (C=O) groups excluding carboxylic acids is 2. The Kier molecular flexibility index (Phi) is 1.60. The van der Waals surface area contributed by atoms with Crippen LogP contribution in [-0.2, 0) is 9.59 Å². The summed E-state index contributed by atoms with van der Waals surface area (Å²) in [6, 6.07) is 0. The van der Waals surface area contributed by atoms with Gasteiger partial charge < -0.3 is 5.73 Å². The van der Waals surface area contributed by atoms with E-state index in [0.29, 0.717) is 12.7 Å². The van der Waals surface area contributed by atoms with Crippen molar-refractivity contribution >= 4 is 12.1 Å². The predicted octanol–water partition coefficient (Wildman–Crippen LogP) is -0.118. The summed E-state index contributed by atoms with van der Waals surface area (Å²) in [6.07, 6.45) is 1.90. The first kappa shape index (κ1) is 7.41. The van der Waals surface area contributed by atoms with E-state index in [2.05, 4.69) is 0 Å². The normalized spacial score (nSPS) is 37.2. The molecular weight excluding hydrogens is 130 g/mol. The SMILES string of the molecule is CC[C@H]1C[C@]1(N)C(=O)C=O. The first-order valence-corrected chi connectivity index (χ1v) is 3.43. The highest BCUT2D eigenvalue weighted by Crippen LogP contribution is 2.43. The van der Waals surface area contributed by atoms with Crippen molar-refractivity contribution in [3.05, 3.63) is 0 Å². The third-order valence-electron chi connectivity index (χ3n) is 2.21. The minimum Gasteiger partial charge on any atom is -0.318 e. The zero-order chi connectivity index (χ0) is 7.78. The monoisotopic (exact) mass is 141 g/mol. The summed E-state index contributed by atoms with van der Waals surface area (Å²) < 4.78 is 0. The number of nitrogens with two attached hydrogens (primary N) is 1. The Bertz CT molecular complexity index is 178. The molecule has 0 aromatic carbocycles. The zero-order valence-corrected chi connectivity index (χ0v) is 5.96. The van der Waals surface area contributed by atoms with Crippen molar-refractivity contribution in [2.24, 2.45) is 11.7 Å². The third kappa shape index (κ3) is 0.865. The van der Waals surface area contributed by atoms with Gasteiger partial charge in [0.15, 0.2) is 6.29 Å². The number of Topliss-reactive ketones (excluding diaryl/α,β-unsaturated/α-hetero) is 1. The van der Waals surface area contributed by atoms with Crippen LogP contribution < -0.4 is 5.73 Å². The van der Waals surface area contributed by atoms with E-state index < -0.39 is 11.3 Å². The summed E-state index contributed by atoms with van der Waals surface area (Å²) in [4.78, 5) is 20.8. The molecule has 0 radical (unpaired) electrons. The fraction of sp³-hybridized carbons (Fsp3) is 0.714. The number of ketones is 1. The molecule has 0 aliphatic heterocycles. The summed E-state index contributed by atoms with van der Waals surface area (Å²) in [5.41, 5.74) is 4.79. The molecule has 1 fully saturated rings. The van der Waals surface area contributed by atoms with Crippen LogP contribution in [0.2, 0.25) is 0 Å². The Morgan fingerprint density at radius 2 is 2.50 bits per heavy atom. The molecule has 0 spiro atoms. The largest absolute Gasteiger partial charge is 0.318 e. The van der Waals surface area contributed by atoms with E-state index in [1.807, 2.05) is 6.92 Å². The van der Waals surface area contributed by atoms with Gasteiger partial charge in [0.05, 0.1) is 5.54 Å². The van der Waals surface area contributed by atoms with Crippen LogP contribution in [0, 0.1) is 5.92 Å². The highest BCUT2D eigenvalue weighted by Gasteiger charge is 2.55. The summed E-state index contributed by atoms with van der Waals surface area (Å²) in [7, 11) is 0. The second-order valence-electron chi connectivity index (χ2n) is 2.83. The fourth-order valence-electron chi connectivity index (χ4n) is 1.27. The molecule has 0 saturated heterocycles. The van der Waals surface area contributed by atoms with Gasteiger partial charge in [-0.2, -0.15) is 0 Å². The van der Waals surface area contributed by atoms with Gasteiger partial charge in [0.1, 0.15) is 0 Å². The molecule has 0 aromatic heterocycles. The van der Waals surface area contributed by atoms with E-state index >= 15 is 0 Å². The lowest BCUT2D eigenvalue weighted by Gasteiger charge is -2.01. The number of hydrogen-bond acceptors (Lipinski definition) is 3. The minimum atomic E-state index is -0.781. The van der Waals surface area contributed by atoms with Crippen LogP contribution in [0.3, 0.4) is 0 Å². The second kappa shape index (κ2) is 2.16. The number of carbonyl (C=O) groups is 2. The van der Waals surface area contributed by atoms with Crippen LogP contribution >= 0.6 is 0 Å². The molecule has 2 atom stereocenters. The molecule has 56 valence electrons. The fourth-order valence-corrected chi connectivity index (χ4v) is 1.27. The topological polar surface area (TPSA) is 60.2 Å². The molecule has 0 amide bonds. The molecule has 1 aliphatic rings. The van der Waals surface area contributed by atoms with Gasteiger partial charge in [-0.1, -0.05) is 13.3 Å². The van der Waals surface area contributed by atoms with Gasteiger partial charge in [0.2, 0.25) is 5.78 Å². The summed E-state index contributed by atoms with van der Waals surface area (Å²) in [5, 5.41) is 0. The number of rotatable bonds is 3. The summed E-state index contributed by atoms with van der Waals surface area (Å²) in [6.45, 7) is 1.97. The summed E-state index contributed by atoms with van der Waals surface area (Å²) >= 11 is 0. The number of aldehydes is 1. The van der Waals surface area contributed by atoms with Gasteiger partial charge in [-0.3, -0.25) is 9.59 Å².